The summed E-state index contributed by atoms with van der Waals surface area (Å²) in [6.45, 7) is 6.30. The second-order valence-electron chi connectivity index (χ2n) is 4.50. The first-order chi connectivity index (χ1) is 7.56. The van der Waals surface area contributed by atoms with Crippen LogP contribution in [0.1, 0.15) is 13.8 Å². The first-order valence-electron chi connectivity index (χ1n) is 5.71. The molecule has 0 aliphatic carbocycles. The van der Waals surface area contributed by atoms with Gasteiger partial charge in [-0.25, -0.2) is 0 Å². The maximum atomic E-state index is 11.9. The molecular formula is C11H22N2O3. The maximum absolute atomic E-state index is 11.9. The Labute approximate surface area is 96.9 Å². The Bertz CT molecular complexity index is 233. The molecule has 16 heavy (non-hydrogen) atoms. The quantitative estimate of drug-likeness (QED) is 0.729. The molecule has 0 saturated carbocycles. The van der Waals surface area contributed by atoms with Gasteiger partial charge in [0.15, 0.2) is 0 Å². The van der Waals surface area contributed by atoms with E-state index in [1.54, 1.807) is 12.0 Å². The molecule has 1 saturated heterocycles. The van der Waals surface area contributed by atoms with Gasteiger partial charge < -0.3 is 20.1 Å². The molecule has 1 rings (SSSR count). The van der Waals surface area contributed by atoms with Crippen molar-refractivity contribution in [1.29, 1.82) is 0 Å². The predicted molar refractivity (Wildman–Crippen MR) is 61.0 cm³/mol. The fourth-order valence-electron chi connectivity index (χ4n) is 1.76. The van der Waals surface area contributed by atoms with Crippen LogP contribution in [0.4, 0.5) is 0 Å². The van der Waals surface area contributed by atoms with E-state index in [0.29, 0.717) is 25.6 Å². The van der Waals surface area contributed by atoms with Gasteiger partial charge in [0, 0.05) is 20.2 Å². The van der Waals surface area contributed by atoms with E-state index in [9.17, 15) is 4.79 Å². The Morgan fingerprint density at radius 2 is 2.31 bits per heavy atom. The number of morpholine rings is 1. The maximum Gasteiger partial charge on any atom is 0.242 e. The van der Waals surface area contributed by atoms with Crippen LogP contribution in [0.25, 0.3) is 0 Å². The zero-order chi connectivity index (χ0) is 12.1. The largest absolute Gasteiger partial charge is 0.383 e. The summed E-state index contributed by atoms with van der Waals surface area (Å²) in [5.74, 6) is 0.366. The van der Waals surface area contributed by atoms with Crippen molar-refractivity contribution in [1.82, 2.24) is 4.90 Å². The lowest BCUT2D eigenvalue weighted by atomic mass is 10.1. The van der Waals surface area contributed by atoms with E-state index < -0.39 is 6.04 Å². The highest BCUT2D eigenvalue weighted by Gasteiger charge is 2.28. The van der Waals surface area contributed by atoms with Gasteiger partial charge in [-0.2, -0.15) is 0 Å². The number of methoxy groups -OCH3 is 1. The van der Waals surface area contributed by atoms with Crippen molar-refractivity contribution in [2.75, 3.05) is 33.4 Å². The van der Waals surface area contributed by atoms with Crippen LogP contribution in [0.5, 0.6) is 0 Å². The summed E-state index contributed by atoms with van der Waals surface area (Å²) in [5.41, 5.74) is 5.72. The third-order valence-electron chi connectivity index (χ3n) is 2.81. The van der Waals surface area contributed by atoms with Crippen molar-refractivity contribution < 1.29 is 14.3 Å². The number of amides is 1. The normalized spacial score (nSPS) is 23.6. The molecule has 0 aromatic carbocycles. The molecule has 0 radical (unpaired) electrons. The lowest BCUT2D eigenvalue weighted by Crippen LogP contribution is -2.53. The zero-order valence-corrected chi connectivity index (χ0v) is 10.3. The van der Waals surface area contributed by atoms with Crippen LogP contribution < -0.4 is 5.73 Å². The first kappa shape index (κ1) is 13.4. The molecule has 5 heteroatoms. The topological polar surface area (TPSA) is 64.8 Å². The summed E-state index contributed by atoms with van der Waals surface area (Å²) in [6.07, 6.45) is 0.118. The number of carbonyl (C=O) groups excluding carboxylic acids is 1. The van der Waals surface area contributed by atoms with Crippen LogP contribution >= 0.6 is 0 Å². The Hall–Kier alpha value is -0.650. The number of carbonyl (C=O) groups is 1. The summed E-state index contributed by atoms with van der Waals surface area (Å²) in [7, 11) is 1.55. The summed E-state index contributed by atoms with van der Waals surface area (Å²) in [5, 5.41) is 0. The minimum absolute atomic E-state index is 0.0456. The van der Waals surface area contributed by atoms with Gasteiger partial charge in [0.1, 0.15) is 6.04 Å². The molecule has 94 valence electrons. The van der Waals surface area contributed by atoms with Gasteiger partial charge in [-0.05, 0) is 5.92 Å². The Kier molecular flexibility index (Phi) is 5.18. The summed E-state index contributed by atoms with van der Waals surface area (Å²) < 4.78 is 10.5. The van der Waals surface area contributed by atoms with E-state index in [-0.39, 0.29) is 18.6 Å². The van der Waals surface area contributed by atoms with Crippen molar-refractivity contribution in [3.05, 3.63) is 0 Å². The highest BCUT2D eigenvalue weighted by Crippen LogP contribution is 2.13. The van der Waals surface area contributed by atoms with E-state index in [1.165, 1.54) is 0 Å². The van der Waals surface area contributed by atoms with E-state index in [1.807, 2.05) is 0 Å². The van der Waals surface area contributed by atoms with Gasteiger partial charge in [0.05, 0.1) is 19.3 Å². The monoisotopic (exact) mass is 230 g/mol. The predicted octanol–water partition coefficient (Wildman–Crippen LogP) is -0.156. The van der Waals surface area contributed by atoms with E-state index in [2.05, 4.69) is 13.8 Å². The molecule has 0 aromatic rings. The molecular weight excluding hydrogens is 208 g/mol. The van der Waals surface area contributed by atoms with Crippen molar-refractivity contribution in [3.63, 3.8) is 0 Å². The van der Waals surface area contributed by atoms with Crippen LogP contribution in [-0.2, 0) is 14.3 Å². The summed E-state index contributed by atoms with van der Waals surface area (Å²) in [4.78, 5) is 13.7. The third-order valence-corrected chi connectivity index (χ3v) is 2.81. The average molecular weight is 230 g/mol. The third kappa shape index (κ3) is 3.43. The van der Waals surface area contributed by atoms with Crippen molar-refractivity contribution in [3.8, 4) is 0 Å². The molecule has 1 amide bonds. The molecule has 2 unspecified atom stereocenters. The highest BCUT2D eigenvalue weighted by atomic mass is 16.5. The number of nitrogens with zero attached hydrogens (tertiary/aromatic N) is 1. The Balaban J connectivity index is 2.49. The highest BCUT2D eigenvalue weighted by molar-refractivity contribution is 5.81. The average Bonchev–Trinajstić information content (AvgIpc) is 2.28. The van der Waals surface area contributed by atoms with E-state index >= 15 is 0 Å². The molecule has 1 fully saturated rings. The number of hydrogen-bond donors (Lipinski definition) is 1. The molecule has 2 atom stereocenters. The number of nitrogens with two attached hydrogens (primary N) is 1. The van der Waals surface area contributed by atoms with Crippen LogP contribution in [0, 0.1) is 5.92 Å². The summed E-state index contributed by atoms with van der Waals surface area (Å²) >= 11 is 0. The Morgan fingerprint density at radius 1 is 1.62 bits per heavy atom. The fourth-order valence-corrected chi connectivity index (χ4v) is 1.76. The lowest BCUT2D eigenvalue weighted by Gasteiger charge is -2.36. The lowest BCUT2D eigenvalue weighted by molar-refractivity contribution is -0.142. The summed E-state index contributed by atoms with van der Waals surface area (Å²) in [6, 6.07) is -0.559. The molecule has 5 nitrogen and oxygen atoms in total. The fraction of sp³-hybridized carbons (Fsp3) is 0.909. The molecule has 1 heterocycles. The van der Waals surface area contributed by atoms with Gasteiger partial charge in [-0.3, -0.25) is 4.79 Å². The molecule has 0 aromatic heterocycles. The Morgan fingerprint density at radius 3 is 2.88 bits per heavy atom. The molecule has 0 bridgehead atoms. The number of hydrogen-bond acceptors (Lipinski definition) is 4. The van der Waals surface area contributed by atoms with Crippen LogP contribution in [0.2, 0.25) is 0 Å². The molecule has 1 aliphatic rings. The van der Waals surface area contributed by atoms with Gasteiger partial charge in [0.2, 0.25) is 5.91 Å². The van der Waals surface area contributed by atoms with E-state index in [0.717, 1.165) is 0 Å². The zero-order valence-electron chi connectivity index (χ0n) is 10.3. The minimum Gasteiger partial charge on any atom is -0.383 e. The standard InChI is InChI=1S/C11H22N2O3/c1-8(2)10-6-13(4-5-16-10)11(14)9(12)7-15-3/h8-10H,4-7,12H2,1-3H3. The van der Waals surface area contributed by atoms with Crippen LogP contribution in [0.3, 0.4) is 0 Å². The van der Waals surface area contributed by atoms with Crippen LogP contribution in [0.15, 0.2) is 0 Å². The second kappa shape index (κ2) is 6.18. The van der Waals surface area contributed by atoms with Gasteiger partial charge in [-0.15, -0.1) is 0 Å². The number of ether oxygens (including phenoxy) is 2. The van der Waals surface area contributed by atoms with Gasteiger partial charge in [-0.1, -0.05) is 13.8 Å². The minimum atomic E-state index is -0.559. The molecule has 0 spiro atoms. The van der Waals surface area contributed by atoms with Gasteiger partial charge in [0.25, 0.3) is 0 Å². The SMILES string of the molecule is COCC(N)C(=O)N1CCOC(C(C)C)C1. The second-order valence-corrected chi connectivity index (χ2v) is 4.50. The van der Waals surface area contributed by atoms with Gasteiger partial charge >= 0.3 is 0 Å². The van der Waals surface area contributed by atoms with Crippen molar-refractivity contribution >= 4 is 5.91 Å². The van der Waals surface area contributed by atoms with E-state index in [4.69, 9.17) is 15.2 Å². The van der Waals surface area contributed by atoms with Crippen LogP contribution in [-0.4, -0.2) is 56.4 Å². The smallest absolute Gasteiger partial charge is 0.242 e. The number of rotatable bonds is 4. The first-order valence-corrected chi connectivity index (χ1v) is 5.71. The van der Waals surface area contributed by atoms with Crippen molar-refractivity contribution in [2.45, 2.75) is 26.0 Å². The molecule has 1 aliphatic heterocycles. The molecule has 2 N–H and O–H groups in total. The van der Waals surface area contributed by atoms with Crippen molar-refractivity contribution in [2.24, 2.45) is 11.7 Å².